The molecule has 2 aliphatic rings. The molecule has 0 radical (unpaired) electrons. The molecule has 0 aliphatic carbocycles. The molecule has 0 N–H and O–H groups in total. The first kappa shape index (κ1) is 19.3. The van der Waals surface area contributed by atoms with E-state index in [2.05, 4.69) is 6.07 Å². The third-order valence-corrected chi connectivity index (χ3v) is 8.04. The summed E-state index contributed by atoms with van der Waals surface area (Å²) in [5.41, 5.74) is 3.01. The summed E-state index contributed by atoms with van der Waals surface area (Å²) in [5.74, 6) is 0.917. The minimum Gasteiger partial charge on any atom is -0.360 e. The Balaban J connectivity index is 1.60. The molecule has 0 saturated carbocycles. The van der Waals surface area contributed by atoms with E-state index >= 15 is 0 Å². The molecule has 0 bridgehead atoms. The Hall–Kier alpha value is -2.03. The Morgan fingerprint density at radius 1 is 1.11 bits per heavy atom. The molecule has 2 aromatic carbocycles. The van der Waals surface area contributed by atoms with E-state index in [1.807, 2.05) is 34.1 Å². The van der Waals surface area contributed by atoms with Gasteiger partial charge in [-0.1, -0.05) is 18.2 Å². The summed E-state index contributed by atoms with van der Waals surface area (Å²) >= 11 is 1.69. The van der Waals surface area contributed by atoms with E-state index in [-0.39, 0.29) is 17.3 Å². The molecule has 0 atom stereocenters. The van der Waals surface area contributed by atoms with Gasteiger partial charge in [-0.25, -0.2) is 12.7 Å². The molecule has 6 nitrogen and oxygen atoms in total. The number of carbonyl (C=O) groups excluding carboxylic acids is 1. The zero-order chi connectivity index (χ0) is 19.9. The number of carbonyl (C=O) groups is 1. The minimum absolute atomic E-state index is 0.0451. The van der Waals surface area contributed by atoms with Gasteiger partial charge >= 0.3 is 0 Å². The van der Waals surface area contributed by atoms with Crippen molar-refractivity contribution in [2.75, 3.05) is 49.3 Å². The fourth-order valence-corrected chi connectivity index (χ4v) is 5.59. The van der Waals surface area contributed by atoms with E-state index in [1.165, 1.54) is 24.0 Å². The number of nitrogens with zero attached hydrogens (tertiary/aromatic N) is 3. The van der Waals surface area contributed by atoms with Crippen LogP contribution in [0.1, 0.15) is 5.56 Å². The molecule has 0 saturated heterocycles. The van der Waals surface area contributed by atoms with Crippen molar-refractivity contribution in [3.63, 3.8) is 0 Å². The topological polar surface area (TPSA) is 60.9 Å². The van der Waals surface area contributed by atoms with Gasteiger partial charge in [-0.05, 0) is 36.2 Å². The fraction of sp³-hybridized carbons (Fsp3) is 0.350. The van der Waals surface area contributed by atoms with Crippen molar-refractivity contribution in [3.05, 3.63) is 48.0 Å². The highest BCUT2D eigenvalue weighted by Crippen LogP contribution is 2.37. The summed E-state index contributed by atoms with van der Waals surface area (Å²) in [6.07, 6.45) is 0.875. The van der Waals surface area contributed by atoms with Crippen molar-refractivity contribution in [3.8, 4) is 0 Å². The standard InChI is InChI=1S/C20H23N3O3S2/c1-21(2)28(25,26)16-7-8-19-18(13-16)22(11-12-27-19)14-20(24)23-10-9-15-5-3-4-6-17(15)23/h3-8,13H,9-12,14H2,1-2H3. The van der Waals surface area contributed by atoms with Gasteiger partial charge in [0.15, 0.2) is 0 Å². The molecule has 2 aromatic rings. The third kappa shape index (κ3) is 3.40. The lowest BCUT2D eigenvalue weighted by atomic mass is 10.2. The summed E-state index contributed by atoms with van der Waals surface area (Å²) in [4.78, 5) is 18.1. The summed E-state index contributed by atoms with van der Waals surface area (Å²) in [7, 11) is -0.469. The molecule has 2 aliphatic heterocycles. The lowest BCUT2D eigenvalue weighted by Crippen LogP contribution is -2.42. The van der Waals surface area contributed by atoms with Gasteiger partial charge in [0, 0.05) is 43.5 Å². The Kier molecular flexibility index (Phi) is 5.11. The van der Waals surface area contributed by atoms with Gasteiger partial charge in [0.1, 0.15) is 0 Å². The Bertz CT molecular complexity index is 1020. The zero-order valence-electron chi connectivity index (χ0n) is 16.0. The normalized spacial score (nSPS) is 16.2. The highest BCUT2D eigenvalue weighted by atomic mass is 32.2. The molecule has 0 aromatic heterocycles. The number of rotatable bonds is 4. The summed E-state index contributed by atoms with van der Waals surface area (Å²) in [6, 6.07) is 13.2. The lowest BCUT2D eigenvalue weighted by molar-refractivity contribution is -0.117. The highest BCUT2D eigenvalue weighted by Gasteiger charge is 2.28. The average molecular weight is 418 g/mol. The van der Waals surface area contributed by atoms with Crippen LogP contribution in [0.3, 0.4) is 0 Å². The van der Waals surface area contributed by atoms with Gasteiger partial charge in [-0.3, -0.25) is 4.79 Å². The molecular formula is C20H23N3O3S2. The summed E-state index contributed by atoms with van der Waals surface area (Å²) in [6.45, 7) is 1.65. The van der Waals surface area contributed by atoms with Crippen molar-refractivity contribution < 1.29 is 13.2 Å². The number of benzene rings is 2. The monoisotopic (exact) mass is 417 g/mol. The van der Waals surface area contributed by atoms with E-state index in [0.717, 1.165) is 28.4 Å². The molecule has 0 fully saturated rings. The number of anilines is 2. The summed E-state index contributed by atoms with van der Waals surface area (Å²) in [5, 5.41) is 0. The van der Waals surface area contributed by atoms with Crippen LogP contribution >= 0.6 is 11.8 Å². The molecule has 0 unspecified atom stereocenters. The Morgan fingerprint density at radius 2 is 1.89 bits per heavy atom. The van der Waals surface area contributed by atoms with Gasteiger partial charge in [-0.2, -0.15) is 0 Å². The molecule has 2 heterocycles. The van der Waals surface area contributed by atoms with Crippen LogP contribution in [-0.4, -0.2) is 58.1 Å². The Labute approximate surface area is 170 Å². The first-order valence-corrected chi connectivity index (χ1v) is 11.6. The van der Waals surface area contributed by atoms with Crippen LogP contribution < -0.4 is 9.80 Å². The number of fused-ring (bicyclic) bond motifs is 2. The van der Waals surface area contributed by atoms with Gasteiger partial charge in [0.25, 0.3) is 0 Å². The Morgan fingerprint density at radius 3 is 2.68 bits per heavy atom. The molecule has 28 heavy (non-hydrogen) atoms. The maximum Gasteiger partial charge on any atom is 0.246 e. The quantitative estimate of drug-likeness (QED) is 0.765. The molecule has 0 spiro atoms. The summed E-state index contributed by atoms with van der Waals surface area (Å²) < 4.78 is 26.2. The van der Waals surface area contributed by atoms with E-state index in [1.54, 1.807) is 23.9 Å². The predicted molar refractivity (Wildman–Crippen MR) is 113 cm³/mol. The molecule has 148 valence electrons. The number of hydrogen-bond acceptors (Lipinski definition) is 5. The largest absolute Gasteiger partial charge is 0.360 e. The van der Waals surface area contributed by atoms with Crippen molar-refractivity contribution in [2.24, 2.45) is 0 Å². The lowest BCUT2D eigenvalue weighted by Gasteiger charge is -2.32. The van der Waals surface area contributed by atoms with Gasteiger partial charge in [0.2, 0.25) is 15.9 Å². The van der Waals surface area contributed by atoms with Gasteiger partial charge in [0.05, 0.1) is 17.1 Å². The van der Waals surface area contributed by atoms with Crippen LogP contribution in [0, 0.1) is 0 Å². The molecule has 4 rings (SSSR count). The van der Waals surface area contributed by atoms with Crippen molar-refractivity contribution >= 4 is 39.1 Å². The van der Waals surface area contributed by atoms with Crippen molar-refractivity contribution in [1.29, 1.82) is 0 Å². The van der Waals surface area contributed by atoms with Crippen LogP contribution in [0.4, 0.5) is 11.4 Å². The van der Waals surface area contributed by atoms with Crippen LogP contribution in [0.25, 0.3) is 0 Å². The second-order valence-electron chi connectivity index (χ2n) is 7.11. The minimum atomic E-state index is -3.52. The second kappa shape index (κ2) is 7.42. The van der Waals surface area contributed by atoms with Crippen LogP contribution in [0.15, 0.2) is 52.3 Å². The first-order chi connectivity index (χ1) is 13.4. The maximum atomic E-state index is 13.0. The predicted octanol–water partition coefficient (Wildman–Crippen LogP) is 2.44. The van der Waals surface area contributed by atoms with Crippen LogP contribution in [-0.2, 0) is 21.2 Å². The SMILES string of the molecule is CN(C)S(=O)(=O)c1ccc2c(c1)N(CC(=O)N1CCc3ccccc31)CCS2. The molecule has 8 heteroatoms. The van der Waals surface area contributed by atoms with E-state index in [4.69, 9.17) is 0 Å². The first-order valence-electron chi connectivity index (χ1n) is 9.20. The highest BCUT2D eigenvalue weighted by molar-refractivity contribution is 7.99. The van der Waals surface area contributed by atoms with Gasteiger partial charge < -0.3 is 9.80 Å². The van der Waals surface area contributed by atoms with Crippen molar-refractivity contribution in [2.45, 2.75) is 16.2 Å². The third-order valence-electron chi connectivity index (χ3n) is 5.18. The van der Waals surface area contributed by atoms with Crippen LogP contribution in [0.2, 0.25) is 0 Å². The van der Waals surface area contributed by atoms with Crippen LogP contribution in [0.5, 0.6) is 0 Å². The average Bonchev–Trinajstić information content (AvgIpc) is 3.12. The number of thioether (sulfide) groups is 1. The van der Waals surface area contributed by atoms with E-state index in [9.17, 15) is 13.2 Å². The fourth-order valence-electron chi connectivity index (χ4n) is 3.63. The van der Waals surface area contributed by atoms with E-state index < -0.39 is 10.0 Å². The number of para-hydroxylation sites is 1. The smallest absolute Gasteiger partial charge is 0.246 e. The van der Waals surface area contributed by atoms with Gasteiger partial charge in [-0.15, -0.1) is 11.8 Å². The number of amides is 1. The van der Waals surface area contributed by atoms with E-state index in [0.29, 0.717) is 13.1 Å². The number of sulfonamides is 1. The molecular weight excluding hydrogens is 394 g/mol. The molecule has 1 amide bonds. The number of hydrogen-bond donors (Lipinski definition) is 0. The maximum absolute atomic E-state index is 13.0. The van der Waals surface area contributed by atoms with Crippen molar-refractivity contribution in [1.82, 2.24) is 4.31 Å². The zero-order valence-corrected chi connectivity index (χ0v) is 17.6. The second-order valence-corrected chi connectivity index (χ2v) is 10.4.